The first-order valence-corrected chi connectivity index (χ1v) is 11.5. The number of benzene rings is 1. The first-order chi connectivity index (χ1) is 15.0. The van der Waals surface area contributed by atoms with Crippen molar-refractivity contribution in [2.75, 3.05) is 35.6 Å². The number of amides is 2. The Morgan fingerprint density at radius 1 is 1.26 bits per heavy atom. The summed E-state index contributed by atoms with van der Waals surface area (Å²) in [6.07, 6.45) is 2.74. The van der Waals surface area contributed by atoms with Gasteiger partial charge in [0.15, 0.2) is 5.82 Å². The highest BCUT2D eigenvalue weighted by molar-refractivity contribution is 7.99. The maximum atomic E-state index is 13.4. The summed E-state index contributed by atoms with van der Waals surface area (Å²) in [5.41, 5.74) is 1.27. The maximum Gasteiger partial charge on any atom is 0.234 e. The van der Waals surface area contributed by atoms with Crippen LogP contribution in [0.1, 0.15) is 31.7 Å². The molecule has 0 radical (unpaired) electrons. The summed E-state index contributed by atoms with van der Waals surface area (Å²) in [6.45, 7) is 6.02. The molecule has 1 aromatic heterocycles. The average molecular weight is 446 g/mol. The number of aromatic nitrogens is 2. The number of hydrogen-bond donors (Lipinski definition) is 2. The first kappa shape index (κ1) is 23.0. The topological polar surface area (TPSA) is 87.2 Å². The molecule has 0 aliphatic carbocycles. The number of carbonyl (C=O) groups excluding carboxylic acids is 2. The van der Waals surface area contributed by atoms with Gasteiger partial charge in [0.1, 0.15) is 10.8 Å². The number of thioether (sulfide) groups is 1. The van der Waals surface area contributed by atoms with E-state index in [1.165, 1.54) is 23.9 Å². The van der Waals surface area contributed by atoms with Gasteiger partial charge in [0.25, 0.3) is 0 Å². The number of piperidine rings is 1. The number of halogens is 1. The molecule has 2 aromatic rings. The van der Waals surface area contributed by atoms with Crippen LogP contribution >= 0.6 is 11.8 Å². The van der Waals surface area contributed by atoms with Crippen molar-refractivity contribution < 1.29 is 14.0 Å². The van der Waals surface area contributed by atoms with Crippen LogP contribution in [0.5, 0.6) is 0 Å². The van der Waals surface area contributed by atoms with Crippen LogP contribution in [0.15, 0.2) is 35.4 Å². The molecule has 9 heteroatoms. The molecule has 0 spiro atoms. The SMILES string of the molecule is CCCNC(=O)[C@@H]1CCCN(c2ccc(SCC(=O)Nc3cc(F)ccc3C)nn2)C1. The van der Waals surface area contributed by atoms with E-state index in [9.17, 15) is 14.0 Å². The zero-order chi connectivity index (χ0) is 22.2. The number of rotatable bonds is 8. The summed E-state index contributed by atoms with van der Waals surface area (Å²) in [5.74, 6) is 0.321. The molecule has 2 heterocycles. The molecule has 0 bridgehead atoms. The van der Waals surface area contributed by atoms with Crippen molar-refractivity contribution in [3.63, 3.8) is 0 Å². The van der Waals surface area contributed by atoms with Gasteiger partial charge in [0.05, 0.1) is 11.7 Å². The molecule has 1 aromatic carbocycles. The van der Waals surface area contributed by atoms with E-state index in [1.54, 1.807) is 6.07 Å². The third kappa shape index (κ3) is 6.65. The van der Waals surface area contributed by atoms with Gasteiger partial charge in [-0.2, -0.15) is 0 Å². The van der Waals surface area contributed by atoms with Crippen LogP contribution in [0.25, 0.3) is 0 Å². The van der Waals surface area contributed by atoms with Crippen LogP contribution in [-0.2, 0) is 9.59 Å². The van der Waals surface area contributed by atoms with Crippen LogP contribution in [0.2, 0.25) is 0 Å². The Balaban J connectivity index is 1.51. The van der Waals surface area contributed by atoms with Gasteiger partial charge in [-0.25, -0.2) is 4.39 Å². The van der Waals surface area contributed by atoms with Gasteiger partial charge < -0.3 is 15.5 Å². The highest BCUT2D eigenvalue weighted by Crippen LogP contribution is 2.23. The summed E-state index contributed by atoms with van der Waals surface area (Å²) in [5, 5.41) is 14.8. The highest BCUT2D eigenvalue weighted by Gasteiger charge is 2.26. The van der Waals surface area contributed by atoms with Gasteiger partial charge in [-0.05, 0) is 56.0 Å². The quantitative estimate of drug-likeness (QED) is 0.606. The van der Waals surface area contributed by atoms with Crippen LogP contribution in [-0.4, -0.2) is 47.4 Å². The van der Waals surface area contributed by atoms with Crippen LogP contribution < -0.4 is 15.5 Å². The van der Waals surface area contributed by atoms with E-state index in [0.717, 1.165) is 37.2 Å². The minimum absolute atomic E-state index is 0.0360. The summed E-state index contributed by atoms with van der Waals surface area (Å²) in [6, 6.07) is 7.99. The van der Waals surface area contributed by atoms with Crippen molar-refractivity contribution in [2.45, 2.75) is 38.1 Å². The summed E-state index contributed by atoms with van der Waals surface area (Å²) >= 11 is 1.27. The highest BCUT2D eigenvalue weighted by atomic mass is 32.2. The number of anilines is 2. The number of nitrogens with one attached hydrogen (secondary N) is 2. The summed E-state index contributed by atoms with van der Waals surface area (Å²) in [4.78, 5) is 26.5. The fourth-order valence-corrected chi connectivity index (χ4v) is 4.02. The second-order valence-electron chi connectivity index (χ2n) is 7.60. The molecule has 31 heavy (non-hydrogen) atoms. The zero-order valence-electron chi connectivity index (χ0n) is 17.9. The van der Waals surface area contributed by atoms with Gasteiger partial charge in [0.2, 0.25) is 11.8 Å². The Morgan fingerprint density at radius 3 is 2.84 bits per heavy atom. The third-order valence-electron chi connectivity index (χ3n) is 5.12. The molecule has 0 saturated carbocycles. The van der Waals surface area contributed by atoms with Crippen molar-refractivity contribution in [3.05, 3.63) is 41.7 Å². The maximum absolute atomic E-state index is 13.4. The van der Waals surface area contributed by atoms with E-state index >= 15 is 0 Å². The fourth-order valence-electron chi connectivity index (χ4n) is 3.41. The largest absolute Gasteiger partial charge is 0.356 e. The predicted octanol–water partition coefficient (Wildman–Crippen LogP) is 3.40. The monoisotopic (exact) mass is 445 g/mol. The smallest absolute Gasteiger partial charge is 0.234 e. The molecule has 0 unspecified atom stereocenters. The fraction of sp³-hybridized carbons (Fsp3) is 0.455. The molecule has 3 rings (SSSR count). The van der Waals surface area contributed by atoms with E-state index in [1.807, 2.05) is 26.0 Å². The minimum atomic E-state index is -0.391. The molecule has 166 valence electrons. The Morgan fingerprint density at radius 2 is 2.10 bits per heavy atom. The predicted molar refractivity (Wildman–Crippen MR) is 121 cm³/mol. The summed E-state index contributed by atoms with van der Waals surface area (Å²) in [7, 11) is 0. The van der Waals surface area contributed by atoms with Gasteiger partial charge in [-0.1, -0.05) is 24.8 Å². The van der Waals surface area contributed by atoms with Crippen molar-refractivity contribution in [1.82, 2.24) is 15.5 Å². The van der Waals surface area contributed by atoms with Gasteiger partial charge in [-0.15, -0.1) is 10.2 Å². The lowest BCUT2D eigenvalue weighted by molar-refractivity contribution is -0.125. The number of carbonyl (C=O) groups is 2. The second kappa shape index (κ2) is 11.1. The van der Waals surface area contributed by atoms with Gasteiger partial charge >= 0.3 is 0 Å². The van der Waals surface area contributed by atoms with E-state index in [0.29, 0.717) is 23.8 Å². The van der Waals surface area contributed by atoms with E-state index in [-0.39, 0.29) is 23.5 Å². The molecule has 1 saturated heterocycles. The Bertz CT molecular complexity index is 909. The first-order valence-electron chi connectivity index (χ1n) is 10.5. The van der Waals surface area contributed by atoms with Crippen molar-refractivity contribution in [2.24, 2.45) is 5.92 Å². The molecular weight excluding hydrogens is 417 g/mol. The van der Waals surface area contributed by atoms with Crippen molar-refractivity contribution >= 4 is 35.1 Å². The summed E-state index contributed by atoms with van der Waals surface area (Å²) < 4.78 is 13.4. The van der Waals surface area contributed by atoms with Crippen molar-refractivity contribution in [3.8, 4) is 0 Å². The van der Waals surface area contributed by atoms with Crippen LogP contribution in [0.4, 0.5) is 15.9 Å². The average Bonchev–Trinajstić information content (AvgIpc) is 2.79. The molecule has 2 N–H and O–H groups in total. The lowest BCUT2D eigenvalue weighted by atomic mass is 9.97. The Hall–Kier alpha value is -2.68. The van der Waals surface area contributed by atoms with E-state index in [2.05, 4.69) is 25.7 Å². The number of hydrogen-bond acceptors (Lipinski definition) is 6. The lowest BCUT2D eigenvalue weighted by Crippen LogP contribution is -2.43. The van der Waals surface area contributed by atoms with Crippen LogP contribution in [0, 0.1) is 18.7 Å². The number of nitrogens with zero attached hydrogens (tertiary/aromatic N) is 3. The minimum Gasteiger partial charge on any atom is -0.356 e. The molecule has 7 nitrogen and oxygen atoms in total. The molecule has 1 aliphatic rings. The Kier molecular flexibility index (Phi) is 8.22. The Labute approximate surface area is 186 Å². The number of aryl methyl sites for hydroxylation is 1. The standard InChI is InChI=1S/C22H28FN5O2S/c1-3-10-24-22(30)16-5-4-11-28(13-16)19-8-9-21(27-26-19)31-14-20(29)25-18-12-17(23)7-6-15(18)2/h6-9,12,16H,3-5,10-11,13-14H2,1-2H3,(H,24,30)(H,25,29)/t16-/m1/s1. The molecule has 1 aliphatic heterocycles. The van der Waals surface area contributed by atoms with Gasteiger partial charge in [-0.3, -0.25) is 9.59 Å². The lowest BCUT2D eigenvalue weighted by Gasteiger charge is -2.32. The van der Waals surface area contributed by atoms with Gasteiger partial charge in [0, 0.05) is 25.3 Å². The molecule has 1 atom stereocenters. The van der Waals surface area contributed by atoms with E-state index < -0.39 is 5.82 Å². The second-order valence-corrected chi connectivity index (χ2v) is 8.60. The molecular formula is C22H28FN5O2S. The van der Waals surface area contributed by atoms with Crippen molar-refractivity contribution in [1.29, 1.82) is 0 Å². The zero-order valence-corrected chi connectivity index (χ0v) is 18.7. The van der Waals surface area contributed by atoms with E-state index in [4.69, 9.17) is 0 Å². The normalized spacial score (nSPS) is 16.1. The third-order valence-corrected chi connectivity index (χ3v) is 6.04. The molecule has 2 amide bonds. The van der Waals surface area contributed by atoms with Crippen LogP contribution in [0.3, 0.4) is 0 Å². The molecule has 1 fully saturated rings.